The van der Waals surface area contributed by atoms with Gasteiger partial charge in [0.2, 0.25) is 0 Å². The molecule has 1 amide bonds. The second-order valence-electron chi connectivity index (χ2n) is 8.61. The number of nitrogens with zero attached hydrogens (tertiary/aromatic N) is 1. The highest BCUT2D eigenvalue weighted by Crippen LogP contribution is 2.41. The Hall–Kier alpha value is -1.59. The number of halogens is 1. The number of cyclic esters (lactones) is 1. The van der Waals surface area contributed by atoms with E-state index in [0.29, 0.717) is 19.4 Å². The average molecular weight is 448 g/mol. The van der Waals surface area contributed by atoms with E-state index in [1.54, 1.807) is 18.7 Å². The zero-order valence-electron chi connectivity index (χ0n) is 17.2. The summed E-state index contributed by atoms with van der Waals surface area (Å²) in [6.45, 7) is 8.24. The van der Waals surface area contributed by atoms with Crippen molar-refractivity contribution < 1.29 is 14.6 Å². The van der Waals surface area contributed by atoms with Gasteiger partial charge in [0.25, 0.3) is 0 Å². The van der Waals surface area contributed by atoms with E-state index in [9.17, 15) is 9.90 Å². The lowest BCUT2D eigenvalue weighted by Crippen LogP contribution is -2.53. The highest BCUT2D eigenvalue weighted by molar-refractivity contribution is 9.10. The number of ether oxygens (including phenoxy) is 1. The van der Waals surface area contributed by atoms with Gasteiger partial charge < -0.3 is 14.7 Å². The molecule has 152 valence electrons. The minimum atomic E-state index is -0.928. The van der Waals surface area contributed by atoms with Gasteiger partial charge in [-0.25, -0.2) is 4.79 Å². The average Bonchev–Trinajstić information content (AvgIpc) is 2.61. The molecule has 4 nitrogen and oxygen atoms in total. The number of allylic oxidation sites excluding steroid dienone is 2. The lowest BCUT2D eigenvalue weighted by Gasteiger charge is -2.46. The molecule has 1 aromatic rings. The van der Waals surface area contributed by atoms with Crippen molar-refractivity contribution in [1.82, 2.24) is 4.90 Å². The first-order valence-electron chi connectivity index (χ1n) is 9.96. The van der Waals surface area contributed by atoms with E-state index in [2.05, 4.69) is 53.2 Å². The van der Waals surface area contributed by atoms with Crippen LogP contribution in [0.4, 0.5) is 4.79 Å². The van der Waals surface area contributed by atoms with Crippen molar-refractivity contribution in [1.29, 1.82) is 0 Å². The van der Waals surface area contributed by atoms with E-state index in [4.69, 9.17) is 4.74 Å². The van der Waals surface area contributed by atoms with Gasteiger partial charge in [-0.05, 0) is 69.4 Å². The van der Waals surface area contributed by atoms with Crippen LogP contribution in [-0.2, 0) is 4.74 Å². The standard InChI is InChI=1S/C23H30BrNO3/c1-16-14-19(24)10-11-20(16)17(2)25-13-12-23(28-21(25)26,15-22(3,4)27)18-8-6-5-7-9-18/h6,8-11,14,17,27H,5,7,12-13,15H2,1-4H3/t17-,23-/m0/s1. The number of carbonyl (C=O) groups is 1. The van der Waals surface area contributed by atoms with Crippen LogP contribution in [-0.4, -0.2) is 33.8 Å². The summed E-state index contributed by atoms with van der Waals surface area (Å²) in [7, 11) is 0. The zero-order valence-corrected chi connectivity index (χ0v) is 18.8. The molecule has 1 aliphatic carbocycles. The Labute approximate surface area is 176 Å². The van der Waals surface area contributed by atoms with Gasteiger partial charge >= 0.3 is 6.09 Å². The first kappa shape index (κ1) is 21.1. The predicted molar refractivity (Wildman–Crippen MR) is 115 cm³/mol. The van der Waals surface area contributed by atoms with Crippen LogP contribution < -0.4 is 0 Å². The predicted octanol–water partition coefficient (Wildman–Crippen LogP) is 5.84. The number of aryl methyl sites for hydroxylation is 1. The molecule has 1 aliphatic heterocycles. The van der Waals surface area contributed by atoms with Gasteiger partial charge in [0, 0.05) is 23.9 Å². The van der Waals surface area contributed by atoms with Crippen molar-refractivity contribution in [2.24, 2.45) is 0 Å². The van der Waals surface area contributed by atoms with Gasteiger partial charge in [-0.15, -0.1) is 0 Å². The fourth-order valence-electron chi connectivity index (χ4n) is 4.38. The number of rotatable bonds is 5. The van der Waals surface area contributed by atoms with Crippen LogP contribution in [0, 0.1) is 6.92 Å². The Morgan fingerprint density at radius 3 is 2.68 bits per heavy atom. The van der Waals surface area contributed by atoms with E-state index in [1.807, 2.05) is 13.0 Å². The van der Waals surface area contributed by atoms with Crippen LogP contribution >= 0.6 is 15.9 Å². The smallest absolute Gasteiger partial charge is 0.411 e. The van der Waals surface area contributed by atoms with E-state index >= 15 is 0 Å². The van der Waals surface area contributed by atoms with E-state index in [1.165, 1.54) is 0 Å². The van der Waals surface area contributed by atoms with Gasteiger partial charge in [0.15, 0.2) is 0 Å². The summed E-state index contributed by atoms with van der Waals surface area (Å²) in [5.41, 5.74) is 1.58. The van der Waals surface area contributed by atoms with Gasteiger partial charge in [-0.2, -0.15) is 0 Å². The van der Waals surface area contributed by atoms with Crippen molar-refractivity contribution in [3.05, 3.63) is 57.6 Å². The van der Waals surface area contributed by atoms with Crippen molar-refractivity contribution in [3.63, 3.8) is 0 Å². The number of aliphatic hydroxyl groups is 1. The van der Waals surface area contributed by atoms with E-state index < -0.39 is 11.2 Å². The maximum absolute atomic E-state index is 13.1. The Morgan fingerprint density at radius 2 is 2.11 bits per heavy atom. The normalized spacial score (nSPS) is 24.0. The summed E-state index contributed by atoms with van der Waals surface area (Å²) >= 11 is 3.50. The Balaban J connectivity index is 1.85. The number of amides is 1. The van der Waals surface area contributed by atoms with Crippen LogP contribution in [0.1, 0.15) is 63.6 Å². The van der Waals surface area contributed by atoms with Crippen molar-refractivity contribution in [2.45, 2.75) is 70.6 Å². The molecule has 0 radical (unpaired) electrons. The maximum atomic E-state index is 13.1. The molecule has 28 heavy (non-hydrogen) atoms. The Kier molecular flexibility index (Phi) is 6.06. The lowest BCUT2D eigenvalue weighted by atomic mass is 9.78. The second kappa shape index (κ2) is 8.03. The molecular weight excluding hydrogens is 418 g/mol. The third kappa shape index (κ3) is 4.52. The van der Waals surface area contributed by atoms with E-state index in [-0.39, 0.29) is 12.1 Å². The van der Waals surface area contributed by atoms with Crippen LogP contribution in [0.3, 0.4) is 0 Å². The first-order chi connectivity index (χ1) is 13.1. The number of hydrogen-bond acceptors (Lipinski definition) is 3. The molecule has 0 bridgehead atoms. The molecule has 1 N–H and O–H groups in total. The quantitative estimate of drug-likeness (QED) is 0.616. The molecule has 0 saturated carbocycles. The third-order valence-electron chi connectivity index (χ3n) is 5.66. The third-order valence-corrected chi connectivity index (χ3v) is 6.16. The summed E-state index contributed by atoms with van der Waals surface area (Å²) < 4.78 is 7.14. The number of hydrogen-bond donors (Lipinski definition) is 1. The zero-order chi connectivity index (χ0) is 20.5. The molecule has 1 heterocycles. The van der Waals surface area contributed by atoms with Gasteiger partial charge in [0.1, 0.15) is 5.60 Å². The molecule has 0 spiro atoms. The molecule has 0 aromatic heterocycles. The second-order valence-corrected chi connectivity index (χ2v) is 9.53. The fourth-order valence-corrected chi connectivity index (χ4v) is 4.85. The fraction of sp³-hybridized carbons (Fsp3) is 0.522. The van der Waals surface area contributed by atoms with Crippen molar-refractivity contribution in [2.75, 3.05) is 6.54 Å². The summed E-state index contributed by atoms with van der Waals surface area (Å²) in [5, 5.41) is 10.5. The van der Waals surface area contributed by atoms with Crippen LogP contribution in [0.2, 0.25) is 0 Å². The van der Waals surface area contributed by atoms with Crippen LogP contribution in [0.15, 0.2) is 46.5 Å². The molecule has 1 aromatic carbocycles. The maximum Gasteiger partial charge on any atom is 0.411 e. The van der Waals surface area contributed by atoms with Gasteiger partial charge in [-0.1, -0.05) is 40.2 Å². The minimum absolute atomic E-state index is 0.0726. The number of benzene rings is 1. The monoisotopic (exact) mass is 447 g/mol. The topological polar surface area (TPSA) is 49.8 Å². The highest BCUT2D eigenvalue weighted by atomic mass is 79.9. The van der Waals surface area contributed by atoms with E-state index in [0.717, 1.165) is 34.0 Å². The summed E-state index contributed by atoms with van der Waals surface area (Å²) in [4.78, 5) is 14.9. The summed E-state index contributed by atoms with van der Waals surface area (Å²) in [5.74, 6) is 0. The molecule has 1 saturated heterocycles. The number of carbonyl (C=O) groups excluding carboxylic acids is 1. The Morgan fingerprint density at radius 1 is 1.36 bits per heavy atom. The lowest BCUT2D eigenvalue weighted by molar-refractivity contribution is -0.0748. The Bertz CT molecular complexity index is 809. The van der Waals surface area contributed by atoms with Gasteiger partial charge in [-0.3, -0.25) is 0 Å². The SMILES string of the molecule is Cc1cc(Br)ccc1[C@H](C)N1CC[C@](CC(C)(C)O)(C2=CCCC=C2)OC1=O. The van der Waals surface area contributed by atoms with Crippen molar-refractivity contribution >= 4 is 22.0 Å². The molecule has 1 fully saturated rings. The highest BCUT2D eigenvalue weighted by Gasteiger charge is 2.47. The molecule has 2 atom stereocenters. The minimum Gasteiger partial charge on any atom is -0.438 e. The summed E-state index contributed by atoms with van der Waals surface area (Å²) in [6.07, 6.45) is 9.01. The molecule has 2 aliphatic rings. The first-order valence-corrected chi connectivity index (χ1v) is 10.8. The van der Waals surface area contributed by atoms with Crippen LogP contribution in [0.5, 0.6) is 0 Å². The largest absolute Gasteiger partial charge is 0.438 e. The molecular formula is C23H30BrNO3. The molecule has 3 rings (SSSR count). The summed E-state index contributed by atoms with van der Waals surface area (Å²) in [6, 6.07) is 6.06. The van der Waals surface area contributed by atoms with Gasteiger partial charge in [0.05, 0.1) is 11.6 Å². The van der Waals surface area contributed by atoms with Crippen LogP contribution in [0.25, 0.3) is 0 Å². The molecule has 0 unspecified atom stereocenters. The van der Waals surface area contributed by atoms with Crippen molar-refractivity contribution in [3.8, 4) is 0 Å². The molecule has 5 heteroatoms.